The van der Waals surface area contributed by atoms with Crippen molar-refractivity contribution in [2.75, 3.05) is 19.7 Å². The largest absolute Gasteiger partial charge is 0.375 e. The predicted molar refractivity (Wildman–Crippen MR) is 81.9 cm³/mol. The number of ketones is 1. The van der Waals surface area contributed by atoms with E-state index in [1.54, 1.807) is 0 Å². The molecule has 0 N–H and O–H groups in total. The Kier molecular flexibility index (Phi) is 5.62. The second-order valence-corrected chi connectivity index (χ2v) is 7.38. The maximum Gasteiger partial charge on any atom is 0.137 e. The van der Waals surface area contributed by atoms with E-state index in [1.165, 1.54) is 25.7 Å². The van der Waals surface area contributed by atoms with Crippen LogP contribution in [0.5, 0.6) is 0 Å². The molecule has 3 nitrogen and oxygen atoms in total. The molecule has 0 aromatic carbocycles. The van der Waals surface area contributed by atoms with Gasteiger partial charge >= 0.3 is 0 Å². The van der Waals surface area contributed by atoms with E-state index in [1.807, 2.05) is 0 Å². The normalized spacial score (nSPS) is 29.6. The van der Waals surface area contributed by atoms with E-state index in [-0.39, 0.29) is 5.60 Å². The number of rotatable bonds is 4. The van der Waals surface area contributed by atoms with Crippen LogP contribution in [0.1, 0.15) is 65.7 Å². The van der Waals surface area contributed by atoms with Crippen LogP contribution in [-0.4, -0.2) is 42.0 Å². The molecule has 2 atom stereocenters. The van der Waals surface area contributed by atoms with Crippen molar-refractivity contribution < 1.29 is 9.53 Å². The van der Waals surface area contributed by atoms with E-state index in [0.717, 1.165) is 39.0 Å². The lowest BCUT2D eigenvalue weighted by Crippen LogP contribution is -2.48. The van der Waals surface area contributed by atoms with Gasteiger partial charge in [0.05, 0.1) is 12.2 Å². The van der Waals surface area contributed by atoms with Crippen molar-refractivity contribution in [2.24, 2.45) is 5.92 Å². The Morgan fingerprint density at radius 1 is 1.15 bits per heavy atom. The van der Waals surface area contributed by atoms with E-state index in [2.05, 4.69) is 25.7 Å². The van der Waals surface area contributed by atoms with Gasteiger partial charge in [0.2, 0.25) is 0 Å². The van der Waals surface area contributed by atoms with Crippen LogP contribution in [0.2, 0.25) is 0 Å². The summed E-state index contributed by atoms with van der Waals surface area (Å²) in [5.74, 6) is 0.823. The Morgan fingerprint density at radius 3 is 2.60 bits per heavy atom. The number of ether oxygens (including phenoxy) is 1. The van der Waals surface area contributed by atoms with Crippen LogP contribution >= 0.6 is 0 Å². The van der Waals surface area contributed by atoms with Crippen molar-refractivity contribution in [3.8, 4) is 0 Å². The Hall–Kier alpha value is -0.410. The fourth-order valence-electron chi connectivity index (χ4n) is 3.64. The lowest BCUT2D eigenvalue weighted by Gasteiger charge is -2.41. The van der Waals surface area contributed by atoms with Crippen molar-refractivity contribution in [3.05, 3.63) is 0 Å². The van der Waals surface area contributed by atoms with E-state index < -0.39 is 0 Å². The predicted octanol–water partition coefficient (Wildman–Crippen LogP) is 3.42. The minimum atomic E-state index is -0.0636. The smallest absolute Gasteiger partial charge is 0.137 e. The molecule has 0 amide bonds. The molecule has 0 bridgehead atoms. The van der Waals surface area contributed by atoms with Gasteiger partial charge in [-0.2, -0.15) is 0 Å². The zero-order valence-corrected chi connectivity index (χ0v) is 13.5. The summed E-state index contributed by atoms with van der Waals surface area (Å²) in [6.45, 7) is 9.20. The molecule has 0 radical (unpaired) electrons. The number of likely N-dealkylation sites (tertiary alicyclic amines) is 1. The highest BCUT2D eigenvalue weighted by Gasteiger charge is 2.35. The Labute approximate surface area is 124 Å². The van der Waals surface area contributed by atoms with E-state index >= 15 is 0 Å². The molecule has 1 saturated carbocycles. The van der Waals surface area contributed by atoms with Crippen LogP contribution in [0.15, 0.2) is 0 Å². The monoisotopic (exact) mass is 281 g/mol. The van der Waals surface area contributed by atoms with Crippen molar-refractivity contribution in [2.45, 2.75) is 77.4 Å². The van der Waals surface area contributed by atoms with Gasteiger partial charge in [0.15, 0.2) is 0 Å². The number of piperidine rings is 1. The van der Waals surface area contributed by atoms with Gasteiger partial charge < -0.3 is 4.74 Å². The summed E-state index contributed by atoms with van der Waals surface area (Å²) in [7, 11) is 0. The third-order valence-corrected chi connectivity index (χ3v) is 4.64. The maximum atomic E-state index is 12.2. The number of carbonyl (C=O) groups excluding carboxylic acids is 1. The zero-order valence-electron chi connectivity index (χ0n) is 13.5. The second kappa shape index (κ2) is 7.04. The third kappa shape index (κ3) is 4.56. The van der Waals surface area contributed by atoms with E-state index in [4.69, 9.17) is 4.74 Å². The lowest BCUT2D eigenvalue weighted by molar-refractivity contribution is -0.128. The van der Waals surface area contributed by atoms with Crippen molar-refractivity contribution in [3.63, 3.8) is 0 Å². The molecular weight excluding hydrogens is 250 g/mol. The molecule has 1 aliphatic heterocycles. The molecule has 1 saturated heterocycles. The molecule has 2 unspecified atom stereocenters. The van der Waals surface area contributed by atoms with Crippen LogP contribution in [-0.2, 0) is 9.53 Å². The average Bonchev–Trinajstić information content (AvgIpc) is 2.39. The fourth-order valence-corrected chi connectivity index (χ4v) is 3.64. The highest BCUT2D eigenvalue weighted by atomic mass is 16.5. The summed E-state index contributed by atoms with van der Waals surface area (Å²) in [5.41, 5.74) is -0.0636. The van der Waals surface area contributed by atoms with Gasteiger partial charge in [0, 0.05) is 24.9 Å². The lowest BCUT2D eigenvalue weighted by atomic mass is 9.79. The molecule has 1 aliphatic carbocycles. The molecule has 0 aromatic heterocycles. The Morgan fingerprint density at radius 2 is 1.90 bits per heavy atom. The summed E-state index contributed by atoms with van der Waals surface area (Å²) in [6.07, 6.45) is 8.02. The first-order valence-corrected chi connectivity index (χ1v) is 8.38. The minimum Gasteiger partial charge on any atom is -0.375 e. The van der Waals surface area contributed by atoms with Crippen molar-refractivity contribution in [1.29, 1.82) is 0 Å². The maximum absolute atomic E-state index is 12.2. The second-order valence-electron chi connectivity index (χ2n) is 7.38. The molecule has 1 heterocycles. The third-order valence-electron chi connectivity index (χ3n) is 4.64. The van der Waals surface area contributed by atoms with Gasteiger partial charge in [-0.1, -0.05) is 12.8 Å². The van der Waals surface area contributed by atoms with Gasteiger partial charge in [-0.05, 0) is 53.0 Å². The summed E-state index contributed by atoms with van der Waals surface area (Å²) < 4.78 is 5.87. The van der Waals surface area contributed by atoms with Crippen LogP contribution in [0.4, 0.5) is 0 Å². The first kappa shape index (κ1) is 16.0. The van der Waals surface area contributed by atoms with E-state index in [0.29, 0.717) is 17.7 Å². The van der Waals surface area contributed by atoms with Gasteiger partial charge in [-0.3, -0.25) is 9.69 Å². The number of Topliss-reactive ketones (excluding diaryl/α,β-unsaturated/α-hetero) is 1. The van der Waals surface area contributed by atoms with Gasteiger partial charge in [-0.25, -0.2) is 0 Å². The molecule has 2 rings (SSSR count). The Balaban J connectivity index is 1.89. The summed E-state index contributed by atoms with van der Waals surface area (Å²) in [6, 6.07) is 0.486. The summed E-state index contributed by atoms with van der Waals surface area (Å²) in [5, 5.41) is 0. The minimum absolute atomic E-state index is 0.0636. The molecular formula is C17H31NO2. The highest BCUT2D eigenvalue weighted by molar-refractivity contribution is 5.82. The van der Waals surface area contributed by atoms with Gasteiger partial charge in [0.1, 0.15) is 5.78 Å². The molecule has 2 fully saturated rings. The van der Waals surface area contributed by atoms with Crippen LogP contribution in [0.25, 0.3) is 0 Å². The first-order chi connectivity index (χ1) is 9.47. The number of hydrogen-bond donors (Lipinski definition) is 0. The van der Waals surface area contributed by atoms with Crippen LogP contribution < -0.4 is 0 Å². The number of nitrogens with zero attached hydrogens (tertiary/aromatic N) is 1. The van der Waals surface area contributed by atoms with Gasteiger partial charge in [-0.15, -0.1) is 0 Å². The molecule has 2 aliphatic rings. The molecule has 20 heavy (non-hydrogen) atoms. The summed E-state index contributed by atoms with van der Waals surface area (Å²) >= 11 is 0. The van der Waals surface area contributed by atoms with Crippen LogP contribution in [0, 0.1) is 5.92 Å². The average molecular weight is 281 g/mol. The molecule has 3 heteroatoms. The highest BCUT2D eigenvalue weighted by Crippen LogP contribution is 2.31. The van der Waals surface area contributed by atoms with E-state index in [9.17, 15) is 4.79 Å². The topological polar surface area (TPSA) is 29.5 Å². The quantitative estimate of drug-likeness (QED) is 0.791. The standard InChI is InChI=1S/C17H31NO2/c1-17(2,3)20-13-12-18-11-7-6-9-15(18)14-8-4-5-10-16(14)19/h14-15H,4-13H2,1-3H3. The van der Waals surface area contributed by atoms with Crippen molar-refractivity contribution >= 4 is 5.78 Å². The number of carbonyl (C=O) groups is 1. The first-order valence-electron chi connectivity index (χ1n) is 8.38. The number of hydrogen-bond acceptors (Lipinski definition) is 3. The molecule has 116 valence electrons. The van der Waals surface area contributed by atoms with Crippen LogP contribution in [0.3, 0.4) is 0 Å². The summed E-state index contributed by atoms with van der Waals surface area (Å²) in [4.78, 5) is 14.7. The fraction of sp³-hybridized carbons (Fsp3) is 0.941. The SMILES string of the molecule is CC(C)(C)OCCN1CCCCC1C1CCCCC1=O. The van der Waals surface area contributed by atoms with Crippen molar-refractivity contribution in [1.82, 2.24) is 4.90 Å². The Bertz CT molecular complexity index is 321. The van der Waals surface area contributed by atoms with Gasteiger partial charge in [0.25, 0.3) is 0 Å². The molecule has 0 spiro atoms. The zero-order chi connectivity index (χ0) is 14.6. The molecule has 0 aromatic rings.